The Bertz CT molecular complexity index is 520. The van der Waals surface area contributed by atoms with Crippen LogP contribution in [0.25, 0.3) is 5.76 Å². The summed E-state index contributed by atoms with van der Waals surface area (Å²) < 4.78 is 41.0. The summed E-state index contributed by atoms with van der Waals surface area (Å²) in [7, 11) is 1.09. The first-order chi connectivity index (χ1) is 8.75. The highest BCUT2D eigenvalue weighted by Crippen LogP contribution is 2.23. The molecule has 0 bridgehead atoms. The van der Waals surface area contributed by atoms with Gasteiger partial charge in [-0.3, -0.25) is 14.9 Å². The van der Waals surface area contributed by atoms with E-state index in [1.165, 1.54) is 12.1 Å². The van der Waals surface area contributed by atoms with Crippen LogP contribution in [0.15, 0.2) is 30.3 Å². The molecule has 102 valence electrons. The van der Waals surface area contributed by atoms with E-state index < -0.39 is 16.9 Å². The number of carbonyl (C=O) groups is 1. The second-order valence-electron chi connectivity index (χ2n) is 3.38. The van der Waals surface area contributed by atoms with E-state index in [1.807, 2.05) is 0 Å². The summed E-state index contributed by atoms with van der Waals surface area (Å²) >= 11 is 0. The Labute approximate surface area is 105 Å². The van der Waals surface area contributed by atoms with Crippen LogP contribution >= 0.6 is 0 Å². The lowest BCUT2D eigenvalue weighted by Gasteiger charge is -2.07. The first-order valence-corrected chi connectivity index (χ1v) is 4.87. The van der Waals surface area contributed by atoms with Gasteiger partial charge in [-0.25, -0.2) is 0 Å². The van der Waals surface area contributed by atoms with E-state index in [1.54, 1.807) is 0 Å². The van der Waals surface area contributed by atoms with Crippen molar-refractivity contribution < 1.29 is 27.6 Å². The molecule has 0 fully saturated rings. The third-order valence-corrected chi connectivity index (χ3v) is 2.12. The number of nitro benzene ring substituents is 1. The molecule has 0 spiro atoms. The molecule has 0 aliphatic rings. The number of nitrogens with zero attached hydrogens (tertiary/aromatic N) is 1. The van der Waals surface area contributed by atoms with Crippen molar-refractivity contribution in [2.75, 3.05) is 7.11 Å². The quantitative estimate of drug-likeness (QED) is 0.366. The Morgan fingerprint density at radius 2 is 1.84 bits per heavy atom. The van der Waals surface area contributed by atoms with E-state index >= 15 is 0 Å². The standard InChI is InChI=1S/C11H8F3NO4/c1-19-9(6-10(16)11(12,13)14)7-2-4-8(5-3-7)15(17)18/h2-6H,1H3. The third kappa shape index (κ3) is 3.80. The number of methoxy groups -OCH3 is 1. The molecule has 0 unspecified atom stereocenters. The molecule has 0 aliphatic carbocycles. The number of ether oxygens (including phenoxy) is 1. The summed E-state index contributed by atoms with van der Waals surface area (Å²) in [6.07, 6.45) is -4.70. The van der Waals surface area contributed by atoms with Crippen LogP contribution in [0.2, 0.25) is 0 Å². The lowest BCUT2D eigenvalue weighted by Crippen LogP contribution is -2.20. The molecule has 0 radical (unpaired) electrons. The maximum Gasteiger partial charge on any atom is 0.454 e. The van der Waals surface area contributed by atoms with Crippen molar-refractivity contribution in [1.82, 2.24) is 0 Å². The maximum atomic E-state index is 12.1. The fraction of sp³-hybridized carbons (Fsp3) is 0.182. The largest absolute Gasteiger partial charge is 0.496 e. The topological polar surface area (TPSA) is 69.4 Å². The maximum absolute atomic E-state index is 12.1. The van der Waals surface area contributed by atoms with Crippen LogP contribution < -0.4 is 0 Å². The van der Waals surface area contributed by atoms with Gasteiger partial charge < -0.3 is 4.74 Å². The average molecular weight is 275 g/mol. The molecule has 0 atom stereocenters. The van der Waals surface area contributed by atoms with E-state index in [0.29, 0.717) is 6.08 Å². The fourth-order valence-electron chi connectivity index (χ4n) is 1.21. The van der Waals surface area contributed by atoms with E-state index in [-0.39, 0.29) is 17.0 Å². The van der Waals surface area contributed by atoms with E-state index in [2.05, 4.69) is 4.74 Å². The summed E-state index contributed by atoms with van der Waals surface area (Å²) in [6.45, 7) is 0. The number of ketones is 1. The summed E-state index contributed by atoms with van der Waals surface area (Å²) in [5.74, 6) is -2.39. The van der Waals surface area contributed by atoms with Crippen molar-refractivity contribution in [3.63, 3.8) is 0 Å². The number of alkyl halides is 3. The minimum Gasteiger partial charge on any atom is -0.496 e. The smallest absolute Gasteiger partial charge is 0.454 e. The Morgan fingerprint density at radius 3 is 2.21 bits per heavy atom. The predicted octanol–water partition coefficient (Wildman–Crippen LogP) is 2.71. The van der Waals surface area contributed by atoms with Crippen molar-refractivity contribution in [3.05, 3.63) is 46.0 Å². The fourth-order valence-corrected chi connectivity index (χ4v) is 1.21. The van der Waals surface area contributed by atoms with Crippen molar-refractivity contribution in [3.8, 4) is 0 Å². The Balaban J connectivity index is 3.07. The van der Waals surface area contributed by atoms with Crippen molar-refractivity contribution in [2.24, 2.45) is 0 Å². The highest BCUT2D eigenvalue weighted by molar-refractivity contribution is 5.99. The van der Waals surface area contributed by atoms with Gasteiger partial charge in [0.1, 0.15) is 5.76 Å². The number of nitro groups is 1. The van der Waals surface area contributed by atoms with Crippen LogP contribution in [-0.4, -0.2) is 24.0 Å². The molecule has 1 aromatic carbocycles. The van der Waals surface area contributed by atoms with Crippen LogP contribution in [0, 0.1) is 10.1 Å². The Hall–Kier alpha value is -2.38. The molecule has 0 amide bonds. The molecule has 1 rings (SSSR count). The molecule has 0 saturated heterocycles. The Kier molecular flexibility index (Phi) is 4.26. The van der Waals surface area contributed by atoms with Gasteiger partial charge in [-0.2, -0.15) is 13.2 Å². The second-order valence-corrected chi connectivity index (χ2v) is 3.38. The normalized spacial score (nSPS) is 12.1. The van der Waals surface area contributed by atoms with Gasteiger partial charge in [0.05, 0.1) is 12.0 Å². The lowest BCUT2D eigenvalue weighted by molar-refractivity contribution is -0.384. The number of carbonyl (C=O) groups excluding carboxylic acids is 1. The molecule has 0 aliphatic heterocycles. The molecule has 0 aromatic heterocycles. The molecule has 0 saturated carbocycles. The summed E-state index contributed by atoms with van der Waals surface area (Å²) in [4.78, 5) is 20.6. The van der Waals surface area contributed by atoms with Gasteiger partial charge in [0, 0.05) is 23.8 Å². The third-order valence-electron chi connectivity index (χ3n) is 2.12. The summed E-state index contributed by atoms with van der Waals surface area (Å²) in [5.41, 5.74) is -0.0907. The minimum atomic E-state index is -5.00. The van der Waals surface area contributed by atoms with Crippen LogP contribution in [0.1, 0.15) is 5.56 Å². The molecule has 1 aromatic rings. The number of hydrogen-bond acceptors (Lipinski definition) is 4. The molecule has 8 heteroatoms. The summed E-state index contributed by atoms with van der Waals surface area (Å²) in [5, 5.41) is 10.4. The number of halogens is 3. The zero-order valence-corrected chi connectivity index (χ0v) is 9.60. The number of rotatable bonds is 4. The molecule has 0 N–H and O–H groups in total. The van der Waals surface area contributed by atoms with Gasteiger partial charge >= 0.3 is 6.18 Å². The van der Waals surface area contributed by atoms with E-state index in [9.17, 15) is 28.1 Å². The zero-order valence-electron chi connectivity index (χ0n) is 9.60. The van der Waals surface area contributed by atoms with Gasteiger partial charge in [-0.05, 0) is 12.1 Å². The van der Waals surface area contributed by atoms with Gasteiger partial charge in [-0.15, -0.1) is 0 Å². The molecular formula is C11H8F3NO4. The van der Waals surface area contributed by atoms with Crippen LogP contribution in [0.4, 0.5) is 18.9 Å². The van der Waals surface area contributed by atoms with Crippen LogP contribution in [0.3, 0.4) is 0 Å². The molecular weight excluding hydrogens is 267 g/mol. The highest BCUT2D eigenvalue weighted by Gasteiger charge is 2.37. The van der Waals surface area contributed by atoms with Crippen molar-refractivity contribution in [1.29, 1.82) is 0 Å². The van der Waals surface area contributed by atoms with Gasteiger partial charge in [0.2, 0.25) is 0 Å². The van der Waals surface area contributed by atoms with Gasteiger partial charge in [0.15, 0.2) is 0 Å². The first-order valence-electron chi connectivity index (χ1n) is 4.87. The average Bonchev–Trinajstić information content (AvgIpc) is 2.34. The number of allylic oxidation sites excluding steroid dienone is 1. The molecule has 5 nitrogen and oxygen atoms in total. The van der Waals surface area contributed by atoms with Crippen LogP contribution in [-0.2, 0) is 9.53 Å². The highest BCUT2D eigenvalue weighted by atomic mass is 19.4. The Morgan fingerprint density at radius 1 is 1.32 bits per heavy atom. The summed E-state index contributed by atoms with van der Waals surface area (Å²) in [6, 6.07) is 4.58. The van der Waals surface area contributed by atoms with Crippen molar-refractivity contribution in [2.45, 2.75) is 6.18 Å². The monoisotopic (exact) mass is 275 g/mol. The van der Waals surface area contributed by atoms with Gasteiger partial charge in [0.25, 0.3) is 11.5 Å². The SMILES string of the molecule is COC(=CC(=O)C(F)(F)F)c1ccc([N+](=O)[O-])cc1. The first kappa shape index (κ1) is 14.7. The number of benzene rings is 1. The van der Waals surface area contributed by atoms with Crippen molar-refractivity contribution >= 4 is 17.2 Å². The van der Waals surface area contributed by atoms with Gasteiger partial charge in [-0.1, -0.05) is 0 Å². The second kappa shape index (κ2) is 5.51. The van der Waals surface area contributed by atoms with Crippen LogP contribution in [0.5, 0.6) is 0 Å². The number of non-ortho nitro benzene ring substituents is 1. The number of hydrogen-bond donors (Lipinski definition) is 0. The lowest BCUT2D eigenvalue weighted by atomic mass is 10.1. The zero-order chi connectivity index (χ0) is 14.6. The predicted molar refractivity (Wildman–Crippen MR) is 59.1 cm³/mol. The minimum absolute atomic E-state index is 0.130. The van der Waals surface area contributed by atoms with E-state index in [4.69, 9.17) is 0 Å². The molecule has 0 heterocycles. The van der Waals surface area contributed by atoms with E-state index in [0.717, 1.165) is 19.2 Å². The molecule has 19 heavy (non-hydrogen) atoms.